The van der Waals surface area contributed by atoms with E-state index in [2.05, 4.69) is 53.1 Å². The Bertz CT molecular complexity index is 1490. The smallest absolute Gasteiger partial charge is 0.163 e. The van der Waals surface area contributed by atoms with Crippen molar-refractivity contribution in [2.75, 3.05) is 17.2 Å². The lowest BCUT2D eigenvalue weighted by Crippen LogP contribution is -2.27. The average Bonchev–Trinajstić information content (AvgIpc) is 3.14. The molecule has 4 aromatic carbocycles. The van der Waals surface area contributed by atoms with Crippen molar-refractivity contribution in [2.45, 2.75) is 38.3 Å². The molecule has 0 radical (unpaired) electrons. The number of carbonyl (C=O) groups is 1. The third-order valence-electron chi connectivity index (χ3n) is 7.44. The van der Waals surface area contributed by atoms with Gasteiger partial charge in [0.2, 0.25) is 0 Å². The van der Waals surface area contributed by atoms with Crippen LogP contribution in [0.5, 0.6) is 11.5 Å². The minimum Gasteiger partial charge on any atom is -0.494 e. The molecule has 2 aliphatic rings. The average molecular weight is 517 g/mol. The van der Waals surface area contributed by atoms with Crippen LogP contribution in [0.1, 0.15) is 48.4 Å². The summed E-state index contributed by atoms with van der Waals surface area (Å²) in [5, 5.41) is 7.31. The minimum atomic E-state index is -0.336. The number of allylic oxidation sites excluding steroid dienone is 1. The highest BCUT2D eigenvalue weighted by molar-refractivity contribution is 6.01. The molecule has 0 aromatic heterocycles. The van der Waals surface area contributed by atoms with Gasteiger partial charge in [0, 0.05) is 23.3 Å². The first-order valence-electron chi connectivity index (χ1n) is 13.6. The Morgan fingerprint density at radius 3 is 2.28 bits per heavy atom. The molecule has 0 fully saturated rings. The quantitative estimate of drug-likeness (QED) is 0.264. The summed E-state index contributed by atoms with van der Waals surface area (Å²) in [6, 6.07) is 34.1. The van der Waals surface area contributed by atoms with Crippen LogP contribution >= 0.6 is 0 Å². The summed E-state index contributed by atoms with van der Waals surface area (Å²) in [5.41, 5.74) is 6.87. The number of fused-ring (bicyclic) bond motifs is 1. The number of para-hydroxylation sites is 3. The highest BCUT2D eigenvalue weighted by Gasteiger charge is 2.37. The number of Topliss-reactive ketones (excluding diaryl/α,β-unsaturated/α-hetero) is 1. The van der Waals surface area contributed by atoms with E-state index in [9.17, 15) is 4.79 Å². The number of hydrogen-bond acceptors (Lipinski definition) is 5. The van der Waals surface area contributed by atoms with Crippen molar-refractivity contribution in [2.24, 2.45) is 0 Å². The van der Waals surface area contributed by atoms with E-state index in [1.165, 1.54) is 0 Å². The van der Waals surface area contributed by atoms with Crippen molar-refractivity contribution in [1.82, 2.24) is 0 Å². The van der Waals surface area contributed by atoms with Gasteiger partial charge < -0.3 is 20.1 Å². The van der Waals surface area contributed by atoms with Crippen LogP contribution in [0.2, 0.25) is 0 Å². The Morgan fingerprint density at radius 1 is 0.769 bits per heavy atom. The predicted molar refractivity (Wildman–Crippen MR) is 155 cm³/mol. The van der Waals surface area contributed by atoms with E-state index in [1.54, 1.807) is 0 Å². The van der Waals surface area contributed by atoms with Crippen molar-refractivity contribution in [3.8, 4) is 11.5 Å². The fourth-order valence-electron chi connectivity index (χ4n) is 5.55. The number of carbonyl (C=O) groups excluding carboxylic acids is 1. The number of nitrogens with one attached hydrogen (secondary N) is 2. The first-order chi connectivity index (χ1) is 19.2. The number of rotatable bonds is 7. The van der Waals surface area contributed by atoms with Gasteiger partial charge in [-0.1, -0.05) is 72.8 Å². The lowest BCUT2D eigenvalue weighted by atomic mass is 9.78. The van der Waals surface area contributed by atoms with Crippen LogP contribution in [0.3, 0.4) is 0 Å². The molecule has 0 saturated heterocycles. The summed E-state index contributed by atoms with van der Waals surface area (Å²) >= 11 is 0. The van der Waals surface area contributed by atoms with Crippen molar-refractivity contribution in [3.05, 3.63) is 131 Å². The second-order valence-corrected chi connectivity index (χ2v) is 9.98. The zero-order valence-corrected chi connectivity index (χ0v) is 22.0. The molecule has 2 atom stereocenters. The first kappa shape index (κ1) is 24.8. The Morgan fingerprint density at radius 2 is 1.49 bits per heavy atom. The molecule has 0 saturated carbocycles. The summed E-state index contributed by atoms with van der Waals surface area (Å²) in [6.07, 6.45) is 1.20. The lowest BCUT2D eigenvalue weighted by Gasteiger charge is -2.30. The summed E-state index contributed by atoms with van der Waals surface area (Å²) in [4.78, 5) is 14.0. The number of anilines is 2. The highest BCUT2D eigenvalue weighted by atomic mass is 16.5. The molecule has 1 aliphatic carbocycles. The summed E-state index contributed by atoms with van der Waals surface area (Å²) in [7, 11) is 0. The molecule has 0 spiro atoms. The van der Waals surface area contributed by atoms with Gasteiger partial charge in [-0.3, -0.25) is 4.79 Å². The van der Waals surface area contributed by atoms with Crippen LogP contribution in [0.4, 0.5) is 11.4 Å². The monoisotopic (exact) mass is 516 g/mol. The maximum atomic E-state index is 14.0. The molecule has 39 heavy (non-hydrogen) atoms. The molecule has 196 valence electrons. The van der Waals surface area contributed by atoms with Crippen LogP contribution in [0.25, 0.3) is 0 Å². The molecule has 1 heterocycles. The second-order valence-electron chi connectivity index (χ2n) is 9.98. The van der Waals surface area contributed by atoms with Crippen molar-refractivity contribution < 1.29 is 14.3 Å². The standard InChI is InChI=1S/C34H32N2O3/c1-2-38-26-18-16-24(17-19-26)25-20-30-33(31(37)21-25)34(36-29-14-8-7-13-28(29)35-30)27-12-6-9-15-32(27)39-22-23-10-4-3-5-11-23/h3-19,25,34-36H,2,20-22H2,1H3. The third kappa shape index (κ3) is 5.26. The Hall–Kier alpha value is -4.51. The SMILES string of the molecule is CCOc1ccc(C2CC(=O)C3=C(C2)Nc2ccccc2NC3c2ccccc2OCc2ccccc2)cc1. The number of ketones is 1. The summed E-state index contributed by atoms with van der Waals surface area (Å²) < 4.78 is 12.0. The van der Waals surface area contributed by atoms with Gasteiger partial charge in [-0.2, -0.15) is 0 Å². The zero-order chi connectivity index (χ0) is 26.6. The van der Waals surface area contributed by atoms with Crippen molar-refractivity contribution in [1.29, 1.82) is 0 Å². The molecule has 5 nitrogen and oxygen atoms in total. The minimum absolute atomic E-state index is 0.0925. The van der Waals surface area contributed by atoms with Gasteiger partial charge in [-0.15, -0.1) is 0 Å². The van der Waals surface area contributed by atoms with E-state index < -0.39 is 0 Å². The number of hydrogen-bond donors (Lipinski definition) is 2. The van der Waals surface area contributed by atoms with E-state index in [4.69, 9.17) is 9.47 Å². The number of ether oxygens (including phenoxy) is 2. The summed E-state index contributed by atoms with van der Waals surface area (Å²) in [5.74, 6) is 1.86. The van der Waals surface area contributed by atoms with Crippen molar-refractivity contribution >= 4 is 17.2 Å². The molecular formula is C34H32N2O3. The van der Waals surface area contributed by atoms with Gasteiger partial charge in [0.25, 0.3) is 0 Å². The second kappa shape index (κ2) is 11.1. The van der Waals surface area contributed by atoms with E-state index in [0.29, 0.717) is 19.6 Å². The first-order valence-corrected chi connectivity index (χ1v) is 13.6. The summed E-state index contributed by atoms with van der Waals surface area (Å²) in [6.45, 7) is 3.07. The van der Waals surface area contributed by atoms with Crippen LogP contribution in [-0.2, 0) is 11.4 Å². The maximum Gasteiger partial charge on any atom is 0.163 e. The highest BCUT2D eigenvalue weighted by Crippen LogP contribution is 2.46. The van der Waals surface area contributed by atoms with Crippen LogP contribution in [-0.4, -0.2) is 12.4 Å². The largest absolute Gasteiger partial charge is 0.494 e. The normalized spacial score (nSPS) is 18.2. The maximum absolute atomic E-state index is 14.0. The molecule has 4 aromatic rings. The van der Waals surface area contributed by atoms with Crippen molar-refractivity contribution in [3.63, 3.8) is 0 Å². The predicted octanol–water partition coefficient (Wildman–Crippen LogP) is 7.64. The Balaban J connectivity index is 1.37. The molecule has 2 unspecified atom stereocenters. The molecule has 6 rings (SSSR count). The van der Waals surface area contributed by atoms with Gasteiger partial charge in [-0.25, -0.2) is 0 Å². The van der Waals surface area contributed by atoms with Gasteiger partial charge in [0.15, 0.2) is 5.78 Å². The fourth-order valence-corrected chi connectivity index (χ4v) is 5.55. The topological polar surface area (TPSA) is 59.6 Å². The van der Waals surface area contributed by atoms with Gasteiger partial charge in [-0.05, 0) is 60.7 Å². The van der Waals surface area contributed by atoms with Crippen LogP contribution in [0.15, 0.2) is 114 Å². The zero-order valence-electron chi connectivity index (χ0n) is 22.0. The van der Waals surface area contributed by atoms with E-state index in [-0.39, 0.29) is 17.7 Å². The fraction of sp³-hybridized carbons (Fsp3) is 0.206. The number of benzene rings is 4. The molecular weight excluding hydrogens is 484 g/mol. The van der Waals surface area contributed by atoms with Crippen LogP contribution < -0.4 is 20.1 Å². The molecule has 0 bridgehead atoms. The van der Waals surface area contributed by atoms with E-state index in [0.717, 1.165) is 57.3 Å². The molecule has 1 aliphatic heterocycles. The molecule has 0 amide bonds. The van der Waals surface area contributed by atoms with E-state index in [1.807, 2.05) is 67.6 Å². The van der Waals surface area contributed by atoms with Gasteiger partial charge in [0.1, 0.15) is 18.1 Å². The third-order valence-corrected chi connectivity index (χ3v) is 7.44. The molecule has 5 heteroatoms. The Labute approximate surface area is 229 Å². The van der Waals surface area contributed by atoms with E-state index >= 15 is 0 Å². The van der Waals surface area contributed by atoms with Crippen LogP contribution in [0, 0.1) is 0 Å². The molecule has 2 N–H and O–H groups in total. The Kier molecular flexibility index (Phi) is 7.05. The van der Waals surface area contributed by atoms with Gasteiger partial charge in [0.05, 0.1) is 24.0 Å². The lowest BCUT2D eigenvalue weighted by molar-refractivity contribution is -0.116. The van der Waals surface area contributed by atoms with Gasteiger partial charge >= 0.3 is 0 Å².